The third-order valence-electron chi connectivity index (χ3n) is 3.59. The van der Waals surface area contributed by atoms with Crippen LogP contribution in [0.2, 0.25) is 0 Å². The Kier molecular flexibility index (Phi) is 3.74. The molecule has 0 spiro atoms. The van der Waals surface area contributed by atoms with Gasteiger partial charge in [0.25, 0.3) is 0 Å². The minimum absolute atomic E-state index is 0.181. The number of carbonyl (C=O) groups is 2. The van der Waals surface area contributed by atoms with Gasteiger partial charge in [0.2, 0.25) is 0 Å². The van der Waals surface area contributed by atoms with Crippen molar-refractivity contribution < 1.29 is 19.4 Å². The van der Waals surface area contributed by atoms with Gasteiger partial charge in [-0.3, -0.25) is 4.79 Å². The first-order valence-corrected chi connectivity index (χ1v) is 6.91. The summed E-state index contributed by atoms with van der Waals surface area (Å²) in [6.07, 6.45) is 3.46. The van der Waals surface area contributed by atoms with Crippen LogP contribution in [0.3, 0.4) is 0 Å². The SMILES string of the molecule is O=CC1C(=O)c2ccccc2OC1/C=C/c1ccc(O)cc1. The van der Waals surface area contributed by atoms with Crippen LogP contribution >= 0.6 is 0 Å². The molecule has 22 heavy (non-hydrogen) atoms. The van der Waals surface area contributed by atoms with Crippen molar-refractivity contribution in [1.29, 1.82) is 0 Å². The van der Waals surface area contributed by atoms with Gasteiger partial charge in [-0.2, -0.15) is 0 Å². The highest BCUT2D eigenvalue weighted by molar-refractivity contribution is 6.08. The monoisotopic (exact) mass is 294 g/mol. The number of hydrogen-bond donors (Lipinski definition) is 1. The minimum Gasteiger partial charge on any atom is -0.508 e. The fraction of sp³-hybridized carbons (Fsp3) is 0.111. The summed E-state index contributed by atoms with van der Waals surface area (Å²) in [5, 5.41) is 9.26. The van der Waals surface area contributed by atoms with Crippen LogP contribution in [0.15, 0.2) is 54.6 Å². The zero-order chi connectivity index (χ0) is 15.5. The summed E-state index contributed by atoms with van der Waals surface area (Å²) >= 11 is 0. The molecule has 1 aliphatic rings. The van der Waals surface area contributed by atoms with E-state index >= 15 is 0 Å². The highest BCUT2D eigenvalue weighted by Crippen LogP contribution is 2.30. The van der Waals surface area contributed by atoms with E-state index in [1.165, 1.54) is 0 Å². The first-order chi connectivity index (χ1) is 10.7. The fourth-order valence-corrected chi connectivity index (χ4v) is 2.41. The molecule has 2 aromatic carbocycles. The highest BCUT2D eigenvalue weighted by atomic mass is 16.5. The second kappa shape index (κ2) is 5.85. The molecule has 0 aliphatic carbocycles. The predicted octanol–water partition coefficient (Wildman–Crippen LogP) is 2.86. The molecule has 110 valence electrons. The second-order valence-corrected chi connectivity index (χ2v) is 5.06. The van der Waals surface area contributed by atoms with Crippen molar-refractivity contribution in [1.82, 2.24) is 0 Å². The molecule has 4 nitrogen and oxygen atoms in total. The summed E-state index contributed by atoms with van der Waals surface area (Å²) < 4.78 is 5.76. The molecule has 1 N–H and O–H groups in total. The van der Waals surface area contributed by atoms with E-state index in [0.717, 1.165) is 5.56 Å². The number of fused-ring (bicyclic) bond motifs is 1. The number of benzene rings is 2. The number of aromatic hydroxyl groups is 1. The first kappa shape index (κ1) is 14.1. The van der Waals surface area contributed by atoms with Gasteiger partial charge in [-0.05, 0) is 35.9 Å². The Bertz CT molecular complexity index is 731. The van der Waals surface area contributed by atoms with Crippen molar-refractivity contribution in [2.45, 2.75) is 6.10 Å². The number of phenolic OH excluding ortho intramolecular Hbond substituents is 1. The molecular formula is C18H14O4. The lowest BCUT2D eigenvalue weighted by atomic mass is 9.90. The van der Waals surface area contributed by atoms with Crippen molar-refractivity contribution in [3.05, 3.63) is 65.7 Å². The Hall–Kier alpha value is -2.88. The molecule has 4 heteroatoms. The lowest BCUT2D eigenvalue weighted by Crippen LogP contribution is -2.37. The van der Waals surface area contributed by atoms with Gasteiger partial charge in [-0.25, -0.2) is 0 Å². The molecule has 0 aromatic heterocycles. The van der Waals surface area contributed by atoms with Crippen molar-refractivity contribution in [2.75, 3.05) is 0 Å². The summed E-state index contributed by atoms with van der Waals surface area (Å²) in [6, 6.07) is 13.5. The Labute approximate surface area is 127 Å². The van der Waals surface area contributed by atoms with E-state index in [9.17, 15) is 14.7 Å². The summed E-state index contributed by atoms with van der Waals surface area (Å²) in [5.41, 5.74) is 1.28. The molecule has 0 saturated carbocycles. The lowest BCUT2D eigenvalue weighted by molar-refractivity contribution is -0.111. The zero-order valence-electron chi connectivity index (χ0n) is 11.7. The van der Waals surface area contributed by atoms with Crippen LogP contribution in [0.4, 0.5) is 0 Å². The van der Waals surface area contributed by atoms with E-state index in [1.807, 2.05) is 0 Å². The molecule has 0 fully saturated rings. The maximum absolute atomic E-state index is 12.3. The van der Waals surface area contributed by atoms with Crippen molar-refractivity contribution in [2.24, 2.45) is 5.92 Å². The van der Waals surface area contributed by atoms with E-state index in [0.29, 0.717) is 17.6 Å². The fourth-order valence-electron chi connectivity index (χ4n) is 2.41. The van der Waals surface area contributed by atoms with E-state index in [-0.39, 0.29) is 11.5 Å². The Morgan fingerprint density at radius 2 is 1.77 bits per heavy atom. The number of ketones is 1. The van der Waals surface area contributed by atoms with Crippen LogP contribution in [0.5, 0.6) is 11.5 Å². The summed E-state index contributed by atoms with van der Waals surface area (Å²) in [6.45, 7) is 0. The molecule has 0 radical (unpaired) electrons. The van der Waals surface area contributed by atoms with Gasteiger partial charge in [0, 0.05) is 0 Å². The number of aldehydes is 1. The molecule has 0 saturated heterocycles. The topological polar surface area (TPSA) is 63.6 Å². The molecule has 2 atom stereocenters. The van der Waals surface area contributed by atoms with Crippen LogP contribution in [-0.4, -0.2) is 23.3 Å². The molecule has 0 bridgehead atoms. The maximum Gasteiger partial charge on any atom is 0.180 e. The lowest BCUT2D eigenvalue weighted by Gasteiger charge is -2.27. The quantitative estimate of drug-likeness (QED) is 0.698. The average molecular weight is 294 g/mol. The van der Waals surface area contributed by atoms with E-state index in [2.05, 4.69) is 0 Å². The van der Waals surface area contributed by atoms with Gasteiger partial charge >= 0.3 is 0 Å². The van der Waals surface area contributed by atoms with E-state index in [1.54, 1.807) is 60.7 Å². The summed E-state index contributed by atoms with van der Waals surface area (Å²) in [7, 11) is 0. The average Bonchev–Trinajstić information content (AvgIpc) is 2.54. The number of hydrogen-bond acceptors (Lipinski definition) is 4. The van der Waals surface area contributed by atoms with Gasteiger partial charge in [-0.1, -0.05) is 30.3 Å². The zero-order valence-corrected chi connectivity index (χ0v) is 11.7. The molecular weight excluding hydrogens is 280 g/mol. The Morgan fingerprint density at radius 3 is 2.50 bits per heavy atom. The van der Waals surface area contributed by atoms with Crippen molar-refractivity contribution >= 4 is 18.1 Å². The van der Waals surface area contributed by atoms with Gasteiger partial charge < -0.3 is 14.6 Å². The highest BCUT2D eigenvalue weighted by Gasteiger charge is 2.35. The second-order valence-electron chi connectivity index (χ2n) is 5.06. The third kappa shape index (κ3) is 2.63. The van der Waals surface area contributed by atoms with Crippen molar-refractivity contribution in [3.8, 4) is 11.5 Å². The summed E-state index contributed by atoms with van der Waals surface area (Å²) in [4.78, 5) is 23.6. The summed E-state index contributed by atoms with van der Waals surface area (Å²) in [5.74, 6) is -0.396. The van der Waals surface area contributed by atoms with Gasteiger partial charge in [0.05, 0.1) is 5.56 Å². The van der Waals surface area contributed by atoms with Gasteiger partial charge in [0.15, 0.2) is 5.78 Å². The smallest absolute Gasteiger partial charge is 0.180 e. The normalized spacial score (nSPS) is 20.5. The first-order valence-electron chi connectivity index (χ1n) is 6.91. The van der Waals surface area contributed by atoms with Crippen LogP contribution in [0.25, 0.3) is 6.08 Å². The Balaban J connectivity index is 1.88. The maximum atomic E-state index is 12.3. The molecule has 1 heterocycles. The number of ether oxygens (including phenoxy) is 1. The minimum atomic E-state index is -0.844. The number of rotatable bonds is 3. The number of Topliss-reactive ketones (excluding diaryl/α,β-unsaturated/α-hetero) is 1. The van der Waals surface area contributed by atoms with E-state index in [4.69, 9.17) is 4.74 Å². The number of phenols is 1. The molecule has 2 unspecified atom stereocenters. The van der Waals surface area contributed by atoms with Gasteiger partial charge in [-0.15, -0.1) is 0 Å². The molecule has 0 amide bonds. The van der Waals surface area contributed by atoms with Crippen LogP contribution in [-0.2, 0) is 4.79 Å². The van der Waals surface area contributed by atoms with Crippen LogP contribution in [0, 0.1) is 5.92 Å². The molecule has 3 rings (SSSR count). The number of para-hydroxylation sites is 1. The van der Waals surface area contributed by atoms with Crippen LogP contribution in [0.1, 0.15) is 15.9 Å². The third-order valence-corrected chi connectivity index (χ3v) is 3.59. The molecule has 2 aromatic rings. The largest absolute Gasteiger partial charge is 0.508 e. The van der Waals surface area contributed by atoms with Crippen LogP contribution < -0.4 is 4.74 Å². The van der Waals surface area contributed by atoms with E-state index < -0.39 is 12.0 Å². The van der Waals surface area contributed by atoms with Crippen molar-refractivity contribution in [3.63, 3.8) is 0 Å². The standard InChI is InChI=1S/C18H14O4/c19-11-15-17(10-7-12-5-8-13(20)9-6-12)22-16-4-2-1-3-14(16)18(15)21/h1-11,15,17,20H/b10-7+. The predicted molar refractivity (Wildman–Crippen MR) is 81.9 cm³/mol. The van der Waals surface area contributed by atoms with Gasteiger partial charge in [0.1, 0.15) is 29.8 Å². The Morgan fingerprint density at radius 1 is 1.05 bits per heavy atom. The molecule has 1 aliphatic heterocycles. The number of carbonyl (C=O) groups excluding carboxylic acids is 2.